The van der Waals surface area contributed by atoms with Gasteiger partial charge in [0.1, 0.15) is 0 Å². The van der Waals surface area contributed by atoms with Crippen LogP contribution in [-0.2, 0) is 4.74 Å². The molecule has 1 aliphatic heterocycles. The molecular formula is C14H28OSi. The lowest BCUT2D eigenvalue weighted by Crippen LogP contribution is -2.37. The quantitative estimate of drug-likeness (QED) is 0.524. The van der Waals surface area contributed by atoms with Gasteiger partial charge in [-0.1, -0.05) is 46.3 Å². The van der Waals surface area contributed by atoms with Gasteiger partial charge in [-0.25, -0.2) is 0 Å². The Kier molecular flexibility index (Phi) is 3.26. The van der Waals surface area contributed by atoms with E-state index in [1.807, 2.05) is 0 Å². The van der Waals surface area contributed by atoms with Crippen molar-refractivity contribution in [1.82, 2.24) is 0 Å². The summed E-state index contributed by atoms with van der Waals surface area (Å²) in [6.45, 7) is 12.4. The third kappa shape index (κ3) is 2.70. The van der Waals surface area contributed by atoms with E-state index in [2.05, 4.69) is 33.9 Å². The number of hydrogen-bond acceptors (Lipinski definition) is 1. The molecule has 0 spiro atoms. The van der Waals surface area contributed by atoms with Gasteiger partial charge in [0, 0.05) is 0 Å². The molecule has 94 valence electrons. The molecule has 2 aliphatic rings. The largest absolute Gasteiger partial charge is 0.370 e. The van der Waals surface area contributed by atoms with Crippen molar-refractivity contribution in [2.24, 2.45) is 5.92 Å². The molecule has 16 heavy (non-hydrogen) atoms. The summed E-state index contributed by atoms with van der Waals surface area (Å²) >= 11 is 0. The fraction of sp³-hybridized carbons (Fsp3) is 1.00. The highest BCUT2D eigenvalue weighted by molar-refractivity contribution is 6.80. The number of rotatable bonds is 3. The first-order valence-electron chi connectivity index (χ1n) is 6.95. The van der Waals surface area contributed by atoms with Crippen molar-refractivity contribution < 1.29 is 4.74 Å². The minimum atomic E-state index is -1.04. The molecule has 3 unspecified atom stereocenters. The van der Waals surface area contributed by atoms with E-state index in [4.69, 9.17) is 4.74 Å². The van der Waals surface area contributed by atoms with Gasteiger partial charge in [-0.05, 0) is 30.2 Å². The molecule has 1 saturated heterocycles. The fourth-order valence-electron chi connectivity index (χ4n) is 2.69. The zero-order valence-electron chi connectivity index (χ0n) is 11.7. The van der Waals surface area contributed by atoms with Gasteiger partial charge >= 0.3 is 0 Å². The number of ether oxygens (including phenoxy) is 1. The summed E-state index contributed by atoms with van der Waals surface area (Å²) < 4.78 is 5.62. The molecule has 1 heterocycles. The highest BCUT2D eigenvalue weighted by Gasteiger charge is 2.44. The van der Waals surface area contributed by atoms with Crippen molar-refractivity contribution in [2.75, 3.05) is 0 Å². The minimum absolute atomic E-state index is 0.556. The first-order valence-corrected chi connectivity index (χ1v) is 10.2. The maximum Gasteiger partial charge on any atom is 0.0844 e. The van der Waals surface area contributed by atoms with Crippen LogP contribution in [0.3, 0.4) is 0 Å². The highest BCUT2D eigenvalue weighted by atomic mass is 28.3. The first-order chi connectivity index (χ1) is 7.29. The summed E-state index contributed by atoms with van der Waals surface area (Å²) in [7, 11) is -1.04. The van der Waals surface area contributed by atoms with E-state index in [0.29, 0.717) is 17.2 Å². The molecule has 1 aliphatic carbocycles. The molecule has 2 fully saturated rings. The summed E-state index contributed by atoms with van der Waals surface area (Å²) in [5.41, 5.74) is 0. The van der Waals surface area contributed by atoms with Crippen LogP contribution in [0.15, 0.2) is 0 Å². The average molecular weight is 240 g/mol. The lowest BCUT2D eigenvalue weighted by Gasteiger charge is -2.38. The van der Waals surface area contributed by atoms with Gasteiger partial charge in [-0.3, -0.25) is 0 Å². The predicted molar refractivity (Wildman–Crippen MR) is 72.6 cm³/mol. The van der Waals surface area contributed by atoms with Gasteiger partial charge in [0.2, 0.25) is 0 Å². The van der Waals surface area contributed by atoms with E-state index < -0.39 is 8.07 Å². The predicted octanol–water partition coefficient (Wildman–Crippen LogP) is 4.45. The molecule has 0 radical (unpaired) electrons. The van der Waals surface area contributed by atoms with E-state index in [1.165, 1.54) is 31.7 Å². The third-order valence-corrected chi connectivity index (χ3v) is 10.9. The van der Waals surface area contributed by atoms with Crippen molar-refractivity contribution >= 4 is 8.07 Å². The second-order valence-corrected chi connectivity index (χ2v) is 13.3. The van der Waals surface area contributed by atoms with Crippen LogP contribution >= 0.6 is 0 Å². The van der Waals surface area contributed by atoms with E-state index in [9.17, 15) is 0 Å². The van der Waals surface area contributed by atoms with Gasteiger partial charge in [0.05, 0.1) is 20.3 Å². The van der Waals surface area contributed by atoms with Crippen LogP contribution in [0.4, 0.5) is 0 Å². The van der Waals surface area contributed by atoms with Crippen LogP contribution in [-0.4, -0.2) is 20.3 Å². The van der Waals surface area contributed by atoms with Crippen LogP contribution in [0.2, 0.25) is 24.2 Å². The summed E-state index contributed by atoms with van der Waals surface area (Å²) in [4.78, 5) is 0. The molecule has 0 amide bonds. The summed E-state index contributed by atoms with van der Waals surface area (Å²) in [5.74, 6) is 0.970. The van der Waals surface area contributed by atoms with Gasteiger partial charge in [0.15, 0.2) is 0 Å². The van der Waals surface area contributed by atoms with Crippen molar-refractivity contribution in [3.63, 3.8) is 0 Å². The topological polar surface area (TPSA) is 12.5 Å². The van der Waals surface area contributed by atoms with Gasteiger partial charge in [-0.2, -0.15) is 0 Å². The van der Waals surface area contributed by atoms with Gasteiger partial charge < -0.3 is 4.74 Å². The van der Waals surface area contributed by atoms with Crippen LogP contribution in [0.5, 0.6) is 0 Å². The van der Waals surface area contributed by atoms with Gasteiger partial charge in [0.25, 0.3) is 0 Å². The Bertz CT molecular complexity index is 254. The Balaban J connectivity index is 1.78. The normalized spacial score (nSPS) is 34.7. The third-order valence-electron chi connectivity index (χ3n) is 5.32. The smallest absolute Gasteiger partial charge is 0.0844 e. The highest BCUT2D eigenvalue weighted by Crippen LogP contribution is 2.44. The van der Waals surface area contributed by atoms with Gasteiger partial charge in [-0.15, -0.1) is 0 Å². The van der Waals surface area contributed by atoms with Crippen molar-refractivity contribution in [3.05, 3.63) is 0 Å². The summed E-state index contributed by atoms with van der Waals surface area (Å²) in [5, 5.41) is 0.556. The molecule has 1 saturated carbocycles. The van der Waals surface area contributed by atoms with Crippen molar-refractivity contribution in [1.29, 1.82) is 0 Å². The zero-order chi connectivity index (χ0) is 12.0. The SMILES string of the molecule is CC(C)(C)[Si](C)(C)CCC1CCC2OC2C1. The molecular weight excluding hydrogens is 212 g/mol. The monoisotopic (exact) mass is 240 g/mol. The second kappa shape index (κ2) is 4.13. The number of fused-ring (bicyclic) bond motifs is 1. The minimum Gasteiger partial charge on any atom is -0.370 e. The van der Waals surface area contributed by atoms with E-state index in [1.54, 1.807) is 0 Å². The fourth-order valence-corrected chi connectivity index (χ4v) is 4.57. The standard InChI is InChI=1S/C14H28OSi/c1-14(2,3)16(4,5)9-8-11-6-7-12-13(10-11)15-12/h11-13H,6-10H2,1-5H3. The van der Waals surface area contributed by atoms with Crippen LogP contribution in [0.1, 0.15) is 46.5 Å². The molecule has 3 atom stereocenters. The van der Waals surface area contributed by atoms with Crippen LogP contribution < -0.4 is 0 Å². The maximum absolute atomic E-state index is 5.62. The Morgan fingerprint density at radius 3 is 2.38 bits per heavy atom. The van der Waals surface area contributed by atoms with E-state index >= 15 is 0 Å². The molecule has 0 aromatic rings. The van der Waals surface area contributed by atoms with E-state index in [-0.39, 0.29) is 0 Å². The molecule has 0 bridgehead atoms. The van der Waals surface area contributed by atoms with Crippen molar-refractivity contribution in [3.8, 4) is 0 Å². The average Bonchev–Trinajstić information content (AvgIpc) is 2.90. The molecule has 2 heteroatoms. The molecule has 2 rings (SSSR count). The van der Waals surface area contributed by atoms with Crippen LogP contribution in [0.25, 0.3) is 0 Å². The van der Waals surface area contributed by atoms with E-state index in [0.717, 1.165) is 5.92 Å². The molecule has 1 nitrogen and oxygen atoms in total. The summed E-state index contributed by atoms with van der Waals surface area (Å²) in [6.07, 6.45) is 6.92. The Morgan fingerprint density at radius 1 is 1.12 bits per heavy atom. The van der Waals surface area contributed by atoms with Crippen molar-refractivity contribution in [2.45, 2.75) is 82.8 Å². The lowest BCUT2D eigenvalue weighted by molar-refractivity contribution is 0.356. The Hall–Kier alpha value is 0.177. The number of epoxide rings is 1. The lowest BCUT2D eigenvalue weighted by atomic mass is 9.87. The number of hydrogen-bond donors (Lipinski definition) is 0. The molecule has 0 aromatic heterocycles. The Morgan fingerprint density at radius 2 is 1.81 bits per heavy atom. The molecule has 0 N–H and O–H groups in total. The summed E-state index contributed by atoms with van der Waals surface area (Å²) in [6, 6.07) is 1.50. The Labute approximate surface area is 102 Å². The zero-order valence-corrected chi connectivity index (χ0v) is 12.7. The van der Waals surface area contributed by atoms with Crippen LogP contribution in [0, 0.1) is 5.92 Å². The second-order valence-electron chi connectivity index (χ2n) is 7.56. The maximum atomic E-state index is 5.62. The molecule has 0 aromatic carbocycles. The first kappa shape index (κ1) is 12.6.